The summed E-state index contributed by atoms with van der Waals surface area (Å²) in [5, 5.41) is 2.99. The van der Waals surface area contributed by atoms with Crippen molar-refractivity contribution < 1.29 is 9.59 Å². The highest BCUT2D eigenvalue weighted by Gasteiger charge is 2.23. The molecule has 0 aliphatic carbocycles. The number of H-pyrrole nitrogens is 1. The first-order chi connectivity index (χ1) is 14.6. The number of aryl methyl sites for hydroxylation is 1. The summed E-state index contributed by atoms with van der Waals surface area (Å²) in [6.07, 6.45) is 7.45. The minimum atomic E-state index is -0.0902. The van der Waals surface area contributed by atoms with Crippen LogP contribution < -0.4 is 5.32 Å². The maximum Gasteiger partial charge on any atom is 0.267 e. The van der Waals surface area contributed by atoms with E-state index in [1.165, 1.54) is 0 Å². The van der Waals surface area contributed by atoms with Crippen molar-refractivity contribution in [3.05, 3.63) is 65.1 Å². The lowest BCUT2D eigenvalue weighted by molar-refractivity contribution is 0.0685. The molecule has 1 aromatic carbocycles. The summed E-state index contributed by atoms with van der Waals surface area (Å²) in [5.74, 6) is 0.644. The van der Waals surface area contributed by atoms with Crippen LogP contribution in [0.25, 0.3) is 6.08 Å². The van der Waals surface area contributed by atoms with Crippen molar-refractivity contribution in [2.75, 3.05) is 19.6 Å². The highest BCUT2D eigenvalue weighted by atomic mass is 16.2. The number of aromatic amines is 1. The van der Waals surface area contributed by atoms with Crippen molar-refractivity contribution in [3.8, 4) is 0 Å². The summed E-state index contributed by atoms with van der Waals surface area (Å²) in [7, 11) is 0. The van der Waals surface area contributed by atoms with Crippen LogP contribution in [0.5, 0.6) is 0 Å². The van der Waals surface area contributed by atoms with Crippen molar-refractivity contribution in [2.45, 2.75) is 32.6 Å². The number of rotatable bonds is 8. The first-order valence-corrected chi connectivity index (χ1v) is 10.5. The van der Waals surface area contributed by atoms with Gasteiger partial charge in [0.2, 0.25) is 0 Å². The summed E-state index contributed by atoms with van der Waals surface area (Å²) in [5.41, 5.74) is 3.18. The molecule has 6 heteroatoms. The number of aliphatic imine (C=N–C) groups is 1. The molecule has 0 radical (unpaired) electrons. The Morgan fingerprint density at radius 3 is 2.70 bits per heavy atom. The summed E-state index contributed by atoms with van der Waals surface area (Å²) < 4.78 is 0. The lowest BCUT2D eigenvalue weighted by Gasteiger charge is -2.32. The molecule has 6 nitrogen and oxygen atoms in total. The molecule has 1 aliphatic rings. The lowest BCUT2D eigenvalue weighted by atomic mass is 9.92. The highest BCUT2D eigenvalue weighted by Crippen LogP contribution is 2.23. The van der Waals surface area contributed by atoms with Gasteiger partial charge in [0, 0.05) is 37.1 Å². The van der Waals surface area contributed by atoms with Gasteiger partial charge >= 0.3 is 0 Å². The first kappa shape index (κ1) is 21.6. The highest BCUT2D eigenvalue weighted by molar-refractivity contribution is 5.94. The zero-order chi connectivity index (χ0) is 21.3. The van der Waals surface area contributed by atoms with Gasteiger partial charge in [0.15, 0.2) is 0 Å². The van der Waals surface area contributed by atoms with Crippen LogP contribution in [0, 0.1) is 12.8 Å². The SMILES string of the molecule is C=N/C=C\c1[nH]c(C(=O)NCCCC2CCN(C(=O)c3ccccc3)CC2)cc1C. The largest absolute Gasteiger partial charge is 0.351 e. The van der Waals surface area contributed by atoms with Gasteiger partial charge in [-0.15, -0.1) is 0 Å². The number of piperidine rings is 1. The molecule has 30 heavy (non-hydrogen) atoms. The van der Waals surface area contributed by atoms with E-state index in [0.29, 0.717) is 18.2 Å². The quantitative estimate of drug-likeness (QED) is 0.512. The average Bonchev–Trinajstić information content (AvgIpc) is 3.16. The smallest absolute Gasteiger partial charge is 0.267 e. The molecule has 2 heterocycles. The number of hydrogen-bond donors (Lipinski definition) is 2. The predicted octanol–water partition coefficient (Wildman–Crippen LogP) is 4.06. The van der Waals surface area contributed by atoms with E-state index in [1.807, 2.05) is 48.2 Å². The lowest BCUT2D eigenvalue weighted by Crippen LogP contribution is -2.38. The minimum absolute atomic E-state index is 0.0902. The number of amides is 2. The van der Waals surface area contributed by atoms with Gasteiger partial charge in [-0.25, -0.2) is 0 Å². The molecule has 2 aromatic rings. The second-order valence-electron chi connectivity index (χ2n) is 7.78. The molecule has 0 saturated carbocycles. The fraction of sp³-hybridized carbons (Fsp3) is 0.375. The molecule has 0 spiro atoms. The van der Waals surface area contributed by atoms with Gasteiger partial charge in [-0.2, -0.15) is 0 Å². The van der Waals surface area contributed by atoms with E-state index in [9.17, 15) is 9.59 Å². The van der Waals surface area contributed by atoms with Gasteiger partial charge in [-0.3, -0.25) is 14.6 Å². The predicted molar refractivity (Wildman–Crippen MR) is 121 cm³/mol. The Morgan fingerprint density at radius 1 is 1.27 bits per heavy atom. The molecule has 1 fully saturated rings. The van der Waals surface area contributed by atoms with E-state index < -0.39 is 0 Å². The van der Waals surface area contributed by atoms with Crippen LogP contribution in [0.1, 0.15) is 57.8 Å². The topological polar surface area (TPSA) is 77.6 Å². The van der Waals surface area contributed by atoms with E-state index >= 15 is 0 Å². The third kappa shape index (κ3) is 5.69. The van der Waals surface area contributed by atoms with E-state index in [4.69, 9.17) is 0 Å². The van der Waals surface area contributed by atoms with E-state index in [2.05, 4.69) is 22.0 Å². The molecule has 158 valence electrons. The zero-order valence-electron chi connectivity index (χ0n) is 17.6. The third-order valence-corrected chi connectivity index (χ3v) is 5.64. The number of hydrogen-bond acceptors (Lipinski definition) is 3. The minimum Gasteiger partial charge on any atom is -0.351 e. The average molecular weight is 407 g/mol. The number of aromatic nitrogens is 1. The second-order valence-corrected chi connectivity index (χ2v) is 7.78. The number of carbonyl (C=O) groups excluding carboxylic acids is 2. The molecule has 1 saturated heterocycles. The van der Waals surface area contributed by atoms with Gasteiger partial charge in [0.05, 0.1) is 0 Å². The molecule has 1 aliphatic heterocycles. The summed E-state index contributed by atoms with van der Waals surface area (Å²) >= 11 is 0. The number of likely N-dealkylation sites (tertiary alicyclic amines) is 1. The van der Waals surface area contributed by atoms with Crippen molar-refractivity contribution in [1.82, 2.24) is 15.2 Å². The van der Waals surface area contributed by atoms with Crippen LogP contribution in [0.4, 0.5) is 0 Å². The zero-order valence-corrected chi connectivity index (χ0v) is 17.6. The van der Waals surface area contributed by atoms with Crippen LogP contribution >= 0.6 is 0 Å². The Kier molecular flexibility index (Phi) is 7.60. The van der Waals surface area contributed by atoms with Gasteiger partial charge < -0.3 is 15.2 Å². The van der Waals surface area contributed by atoms with Crippen molar-refractivity contribution >= 4 is 24.6 Å². The Balaban J connectivity index is 1.36. The maximum atomic E-state index is 12.5. The van der Waals surface area contributed by atoms with Gasteiger partial charge in [-0.1, -0.05) is 18.2 Å². The van der Waals surface area contributed by atoms with E-state index in [-0.39, 0.29) is 11.8 Å². The van der Waals surface area contributed by atoms with Crippen LogP contribution in [0.2, 0.25) is 0 Å². The van der Waals surface area contributed by atoms with Crippen molar-refractivity contribution in [3.63, 3.8) is 0 Å². The fourth-order valence-electron chi connectivity index (χ4n) is 3.87. The van der Waals surface area contributed by atoms with Crippen molar-refractivity contribution in [2.24, 2.45) is 10.9 Å². The van der Waals surface area contributed by atoms with Gasteiger partial charge in [0.1, 0.15) is 5.69 Å². The van der Waals surface area contributed by atoms with Crippen LogP contribution in [0.15, 0.2) is 47.6 Å². The maximum absolute atomic E-state index is 12.5. The Hall–Kier alpha value is -3.15. The van der Waals surface area contributed by atoms with Gasteiger partial charge in [0.25, 0.3) is 11.8 Å². The number of carbonyl (C=O) groups is 2. The fourth-order valence-corrected chi connectivity index (χ4v) is 3.87. The monoisotopic (exact) mass is 406 g/mol. The van der Waals surface area contributed by atoms with E-state index in [0.717, 1.165) is 55.6 Å². The molecule has 0 bridgehead atoms. The van der Waals surface area contributed by atoms with E-state index in [1.54, 1.807) is 12.3 Å². The molecule has 0 atom stereocenters. The summed E-state index contributed by atoms with van der Waals surface area (Å²) in [4.78, 5) is 33.6. The van der Waals surface area contributed by atoms with Crippen LogP contribution in [-0.2, 0) is 0 Å². The Morgan fingerprint density at radius 2 is 2.00 bits per heavy atom. The molecule has 3 rings (SSSR count). The van der Waals surface area contributed by atoms with Crippen molar-refractivity contribution in [1.29, 1.82) is 0 Å². The summed E-state index contributed by atoms with van der Waals surface area (Å²) in [6, 6.07) is 11.3. The standard InChI is InChI=1S/C24H30N4O2/c1-18-17-22(27-21(18)10-14-25-2)23(29)26-13-6-7-19-11-15-28(16-12-19)24(30)20-8-4-3-5-9-20/h3-5,8-10,14,17,19,27H,2,6-7,11-13,15-16H2,1H3,(H,26,29)/b14-10-. The third-order valence-electron chi connectivity index (χ3n) is 5.64. The van der Waals surface area contributed by atoms with Crippen LogP contribution in [-0.4, -0.2) is 48.1 Å². The Bertz CT molecular complexity index is 893. The van der Waals surface area contributed by atoms with Gasteiger partial charge in [-0.05, 0) is 75.1 Å². The molecule has 2 N–H and O–H groups in total. The molecular weight excluding hydrogens is 376 g/mol. The molecule has 2 amide bonds. The number of nitrogens with one attached hydrogen (secondary N) is 2. The molecule has 0 unspecified atom stereocenters. The Labute approximate surface area is 178 Å². The number of benzene rings is 1. The first-order valence-electron chi connectivity index (χ1n) is 10.5. The van der Waals surface area contributed by atoms with Crippen LogP contribution in [0.3, 0.4) is 0 Å². The molecule has 1 aromatic heterocycles. The number of nitrogens with zero attached hydrogens (tertiary/aromatic N) is 2. The normalized spacial score (nSPS) is 14.8. The molecular formula is C24H30N4O2. The summed E-state index contributed by atoms with van der Waals surface area (Å²) in [6.45, 7) is 7.63. The second kappa shape index (κ2) is 10.6.